The molecule has 7 heteroatoms. The molecule has 1 N–H and O–H groups in total. The highest BCUT2D eigenvalue weighted by Crippen LogP contribution is 2.47. The molecule has 4 rings (SSSR count). The molecule has 4 unspecified atom stereocenters. The fourth-order valence-electron chi connectivity index (χ4n) is 4.48. The number of hydrogen-bond acceptors (Lipinski definition) is 5. The van der Waals surface area contributed by atoms with Crippen molar-refractivity contribution in [2.75, 3.05) is 26.3 Å². The van der Waals surface area contributed by atoms with Gasteiger partial charge in [0.2, 0.25) is 0 Å². The molecule has 140 valence electrons. The number of benzene rings is 1. The molecule has 0 aliphatic carbocycles. The van der Waals surface area contributed by atoms with E-state index in [0.717, 1.165) is 25.9 Å². The predicted molar refractivity (Wildman–Crippen MR) is 91.5 cm³/mol. The largest absolute Gasteiger partial charge is 0.490 e. The lowest BCUT2D eigenvalue weighted by molar-refractivity contribution is -0.139. The van der Waals surface area contributed by atoms with Crippen LogP contribution < -0.4 is 9.47 Å². The molecule has 0 aromatic heterocycles. The van der Waals surface area contributed by atoms with Crippen LogP contribution in [0.25, 0.3) is 0 Å². The topological polar surface area (TPSA) is 85.3 Å². The molecule has 3 heterocycles. The normalized spacial score (nSPS) is 28.9. The van der Waals surface area contributed by atoms with Crippen molar-refractivity contribution in [1.82, 2.24) is 4.90 Å². The molecule has 0 saturated carbocycles. The van der Waals surface area contributed by atoms with Gasteiger partial charge in [-0.05, 0) is 38.0 Å². The number of carbonyl (C=O) groups is 2. The first kappa shape index (κ1) is 17.1. The molecule has 1 amide bonds. The molecule has 3 aliphatic heterocycles. The zero-order chi connectivity index (χ0) is 18.3. The van der Waals surface area contributed by atoms with Crippen molar-refractivity contribution in [2.24, 2.45) is 11.8 Å². The first-order valence-electron chi connectivity index (χ1n) is 9.13. The number of carboxylic acid groups (broad SMARTS) is 1. The minimum Gasteiger partial charge on any atom is -0.490 e. The number of fused-ring (bicyclic) bond motifs is 5. The maximum atomic E-state index is 12.9. The average molecular weight is 361 g/mol. The highest BCUT2D eigenvalue weighted by molar-refractivity contribution is 5.95. The van der Waals surface area contributed by atoms with Gasteiger partial charge < -0.3 is 24.2 Å². The Morgan fingerprint density at radius 2 is 1.85 bits per heavy atom. The zero-order valence-electron chi connectivity index (χ0n) is 14.7. The molecule has 3 fully saturated rings. The van der Waals surface area contributed by atoms with Crippen LogP contribution in [-0.4, -0.2) is 60.4 Å². The first-order chi connectivity index (χ1) is 12.6. The average Bonchev–Trinajstić information content (AvgIpc) is 3.32. The molecule has 4 atom stereocenters. The number of carbonyl (C=O) groups excluding carboxylic acids is 1. The molecular formula is C19H23NO6. The summed E-state index contributed by atoms with van der Waals surface area (Å²) in [7, 11) is 0. The van der Waals surface area contributed by atoms with Crippen LogP contribution >= 0.6 is 0 Å². The van der Waals surface area contributed by atoms with Crippen molar-refractivity contribution in [3.63, 3.8) is 0 Å². The van der Waals surface area contributed by atoms with Crippen LogP contribution in [0, 0.1) is 11.8 Å². The van der Waals surface area contributed by atoms with Crippen LogP contribution in [-0.2, 0) is 9.53 Å². The van der Waals surface area contributed by atoms with Gasteiger partial charge in [-0.1, -0.05) is 0 Å². The number of hydrogen-bond donors (Lipinski definition) is 1. The fraction of sp³-hybridized carbons (Fsp3) is 0.579. The van der Waals surface area contributed by atoms with Gasteiger partial charge in [0, 0.05) is 30.5 Å². The number of likely N-dealkylation sites (tertiary alicyclic amines) is 1. The van der Waals surface area contributed by atoms with Gasteiger partial charge in [-0.15, -0.1) is 0 Å². The predicted octanol–water partition coefficient (Wildman–Crippen LogP) is 1.80. The van der Waals surface area contributed by atoms with E-state index >= 15 is 0 Å². The van der Waals surface area contributed by atoms with E-state index in [0.29, 0.717) is 47.7 Å². The molecule has 0 radical (unpaired) electrons. The Morgan fingerprint density at radius 1 is 1.15 bits per heavy atom. The summed E-state index contributed by atoms with van der Waals surface area (Å²) in [5, 5.41) is 8.77. The van der Waals surface area contributed by atoms with Gasteiger partial charge in [-0.2, -0.15) is 0 Å². The second kappa shape index (κ2) is 6.79. The third-order valence-electron chi connectivity index (χ3n) is 5.58. The van der Waals surface area contributed by atoms with E-state index in [1.807, 2.05) is 11.8 Å². The summed E-state index contributed by atoms with van der Waals surface area (Å²) in [6.07, 6.45) is 2.85. The summed E-state index contributed by atoms with van der Waals surface area (Å²) in [5.41, 5.74) is 0.532. The molecule has 3 aliphatic rings. The second-order valence-corrected chi connectivity index (χ2v) is 7.11. The van der Waals surface area contributed by atoms with Gasteiger partial charge in [0.05, 0.1) is 18.8 Å². The minimum absolute atomic E-state index is 0.0236. The Hall–Kier alpha value is -2.28. The molecule has 26 heavy (non-hydrogen) atoms. The maximum absolute atomic E-state index is 12.9. The maximum Gasteiger partial charge on any atom is 0.341 e. The summed E-state index contributed by atoms with van der Waals surface area (Å²) in [6, 6.07) is 4.91. The summed E-state index contributed by atoms with van der Waals surface area (Å²) < 4.78 is 16.7. The van der Waals surface area contributed by atoms with Crippen molar-refractivity contribution >= 4 is 11.9 Å². The zero-order valence-corrected chi connectivity index (χ0v) is 14.7. The van der Waals surface area contributed by atoms with Crippen LogP contribution in [0.1, 0.15) is 30.1 Å². The Balaban J connectivity index is 1.49. The quantitative estimate of drug-likeness (QED) is 0.832. The summed E-state index contributed by atoms with van der Waals surface area (Å²) in [4.78, 5) is 25.6. The molecule has 2 bridgehead atoms. The smallest absolute Gasteiger partial charge is 0.341 e. The fourth-order valence-corrected chi connectivity index (χ4v) is 4.48. The standard InChI is InChI=1S/C19H23NO6/c1-2-24-17-7-11(3-4-16(17)25-10-18(21)22)19(23)20-8-12-13(9-20)15-6-5-14(12)26-15/h3-4,7,12-15H,2,5-6,8-10H2,1H3,(H,21,22). The monoisotopic (exact) mass is 361 g/mol. The van der Waals surface area contributed by atoms with Gasteiger partial charge in [0.1, 0.15) is 0 Å². The van der Waals surface area contributed by atoms with E-state index in [9.17, 15) is 9.59 Å². The van der Waals surface area contributed by atoms with Crippen LogP contribution in [0.3, 0.4) is 0 Å². The van der Waals surface area contributed by atoms with Gasteiger partial charge in [0.25, 0.3) is 5.91 Å². The first-order valence-corrected chi connectivity index (χ1v) is 9.13. The van der Waals surface area contributed by atoms with Crippen LogP contribution in [0.5, 0.6) is 11.5 Å². The number of amides is 1. The Labute approximate surface area is 151 Å². The van der Waals surface area contributed by atoms with E-state index in [2.05, 4.69) is 0 Å². The van der Waals surface area contributed by atoms with Crippen molar-refractivity contribution in [3.05, 3.63) is 23.8 Å². The third-order valence-corrected chi connectivity index (χ3v) is 5.58. The molecule has 0 spiro atoms. The van der Waals surface area contributed by atoms with Crippen molar-refractivity contribution < 1.29 is 28.9 Å². The lowest BCUT2D eigenvalue weighted by Crippen LogP contribution is -2.31. The Bertz CT molecular complexity index is 702. The van der Waals surface area contributed by atoms with E-state index < -0.39 is 12.6 Å². The third kappa shape index (κ3) is 3.00. The van der Waals surface area contributed by atoms with E-state index in [1.54, 1.807) is 18.2 Å². The molecule has 7 nitrogen and oxygen atoms in total. The van der Waals surface area contributed by atoms with Crippen molar-refractivity contribution in [3.8, 4) is 11.5 Å². The van der Waals surface area contributed by atoms with E-state index in [1.165, 1.54) is 0 Å². The van der Waals surface area contributed by atoms with E-state index in [4.69, 9.17) is 19.3 Å². The van der Waals surface area contributed by atoms with E-state index in [-0.39, 0.29) is 5.91 Å². The number of aliphatic carboxylic acids is 1. The van der Waals surface area contributed by atoms with Gasteiger partial charge in [0.15, 0.2) is 18.1 Å². The van der Waals surface area contributed by atoms with Crippen LogP contribution in [0.15, 0.2) is 18.2 Å². The molecule has 1 aromatic rings. The number of ether oxygens (including phenoxy) is 3. The summed E-state index contributed by atoms with van der Waals surface area (Å²) >= 11 is 0. The number of rotatable bonds is 6. The second-order valence-electron chi connectivity index (χ2n) is 7.11. The lowest BCUT2D eigenvalue weighted by atomic mass is 9.82. The number of carboxylic acids is 1. The van der Waals surface area contributed by atoms with Gasteiger partial charge in [-0.25, -0.2) is 4.79 Å². The summed E-state index contributed by atoms with van der Waals surface area (Å²) in [5.74, 6) is 0.556. The van der Waals surface area contributed by atoms with Crippen molar-refractivity contribution in [1.29, 1.82) is 0 Å². The van der Waals surface area contributed by atoms with Crippen molar-refractivity contribution in [2.45, 2.75) is 32.0 Å². The summed E-state index contributed by atoms with van der Waals surface area (Å²) in [6.45, 7) is 3.26. The highest BCUT2D eigenvalue weighted by atomic mass is 16.5. The minimum atomic E-state index is -1.06. The number of nitrogens with zero attached hydrogens (tertiary/aromatic N) is 1. The Morgan fingerprint density at radius 3 is 2.46 bits per heavy atom. The SMILES string of the molecule is CCOc1cc(C(=O)N2CC3C4CCC(O4)C3C2)ccc1OCC(=O)O. The Kier molecular flexibility index (Phi) is 4.48. The van der Waals surface area contributed by atoms with Gasteiger partial charge >= 0.3 is 5.97 Å². The molecule has 3 saturated heterocycles. The van der Waals surface area contributed by atoms with Gasteiger partial charge in [-0.3, -0.25) is 4.79 Å². The highest BCUT2D eigenvalue weighted by Gasteiger charge is 2.53. The molecule has 1 aromatic carbocycles. The lowest BCUT2D eigenvalue weighted by Gasteiger charge is -2.20. The van der Waals surface area contributed by atoms with Crippen LogP contribution in [0.2, 0.25) is 0 Å². The van der Waals surface area contributed by atoms with Crippen LogP contribution in [0.4, 0.5) is 0 Å². The molecular weight excluding hydrogens is 338 g/mol.